The number of halogens is 1. The zero-order valence-corrected chi connectivity index (χ0v) is 16.8. The predicted molar refractivity (Wildman–Crippen MR) is 112 cm³/mol. The van der Waals surface area contributed by atoms with Crippen LogP contribution in [0, 0.1) is 25.2 Å². The minimum absolute atomic E-state index is 0.117. The number of fused-ring (bicyclic) bond motifs is 1. The van der Waals surface area contributed by atoms with E-state index in [0.717, 1.165) is 16.6 Å². The molecule has 0 N–H and O–H groups in total. The SMILES string of the molecule is Cc1nn(Cc2nc3cc(Cl)ccc3n2Cc2ccccc2)c(=O)c(C#N)c1C. The maximum atomic E-state index is 12.7. The third-order valence-corrected chi connectivity index (χ3v) is 5.25. The molecule has 2 aromatic heterocycles. The summed E-state index contributed by atoms with van der Waals surface area (Å²) in [6.07, 6.45) is 0. The van der Waals surface area contributed by atoms with E-state index in [1.807, 2.05) is 48.5 Å². The predicted octanol–water partition coefficient (Wildman–Crippen LogP) is 3.83. The fourth-order valence-corrected chi connectivity index (χ4v) is 3.53. The van der Waals surface area contributed by atoms with Gasteiger partial charge in [-0.3, -0.25) is 4.79 Å². The molecule has 0 amide bonds. The first kappa shape index (κ1) is 18.9. The summed E-state index contributed by atoms with van der Waals surface area (Å²) in [7, 11) is 0. The molecule has 6 nitrogen and oxygen atoms in total. The zero-order chi connectivity index (χ0) is 20.5. The van der Waals surface area contributed by atoms with Crippen LogP contribution in [-0.2, 0) is 13.1 Å². The van der Waals surface area contributed by atoms with Crippen LogP contribution in [-0.4, -0.2) is 19.3 Å². The fourth-order valence-electron chi connectivity index (χ4n) is 3.36. The van der Waals surface area contributed by atoms with Crippen LogP contribution in [0.5, 0.6) is 0 Å². The summed E-state index contributed by atoms with van der Waals surface area (Å²) < 4.78 is 3.36. The molecular weight excluding hydrogens is 386 g/mol. The average molecular weight is 404 g/mol. The van der Waals surface area contributed by atoms with Crippen molar-refractivity contribution in [3.63, 3.8) is 0 Å². The van der Waals surface area contributed by atoms with Crippen LogP contribution >= 0.6 is 11.6 Å². The van der Waals surface area contributed by atoms with Crippen molar-refractivity contribution in [2.24, 2.45) is 0 Å². The summed E-state index contributed by atoms with van der Waals surface area (Å²) in [5.41, 5.74) is 3.75. The number of imidazole rings is 1. The number of nitriles is 1. The summed E-state index contributed by atoms with van der Waals surface area (Å²) in [6.45, 7) is 4.28. The fraction of sp³-hybridized carbons (Fsp3) is 0.182. The summed E-state index contributed by atoms with van der Waals surface area (Å²) in [4.78, 5) is 17.4. The van der Waals surface area contributed by atoms with E-state index in [0.29, 0.717) is 28.6 Å². The van der Waals surface area contributed by atoms with E-state index in [-0.39, 0.29) is 12.1 Å². The van der Waals surface area contributed by atoms with Crippen LogP contribution in [0.2, 0.25) is 5.02 Å². The Labute approximate surface area is 172 Å². The molecule has 0 aliphatic carbocycles. The molecule has 0 bridgehead atoms. The molecule has 144 valence electrons. The van der Waals surface area contributed by atoms with E-state index in [9.17, 15) is 10.1 Å². The van der Waals surface area contributed by atoms with Crippen molar-refractivity contribution in [2.45, 2.75) is 26.9 Å². The second-order valence-corrected chi connectivity index (χ2v) is 7.33. The van der Waals surface area contributed by atoms with Crippen LogP contribution < -0.4 is 5.56 Å². The minimum atomic E-state index is -0.410. The number of hydrogen-bond acceptors (Lipinski definition) is 4. The molecule has 4 aromatic rings. The number of rotatable bonds is 4. The third-order valence-electron chi connectivity index (χ3n) is 5.01. The molecule has 0 unspecified atom stereocenters. The number of hydrogen-bond donors (Lipinski definition) is 0. The zero-order valence-electron chi connectivity index (χ0n) is 16.1. The monoisotopic (exact) mass is 403 g/mol. The van der Waals surface area contributed by atoms with E-state index < -0.39 is 5.56 Å². The first-order valence-corrected chi connectivity index (χ1v) is 9.52. The van der Waals surface area contributed by atoms with Crippen LogP contribution in [0.1, 0.15) is 28.2 Å². The lowest BCUT2D eigenvalue weighted by atomic mass is 10.1. The summed E-state index contributed by atoms with van der Waals surface area (Å²) >= 11 is 6.15. The van der Waals surface area contributed by atoms with Gasteiger partial charge in [0.25, 0.3) is 5.56 Å². The largest absolute Gasteiger partial charge is 0.322 e. The molecular formula is C22H18ClN5O. The Balaban J connectivity index is 1.86. The van der Waals surface area contributed by atoms with Crippen molar-refractivity contribution in [3.05, 3.63) is 92.1 Å². The van der Waals surface area contributed by atoms with Crippen LogP contribution in [0.3, 0.4) is 0 Å². The Morgan fingerprint density at radius 3 is 2.59 bits per heavy atom. The Kier molecular flexibility index (Phi) is 4.91. The van der Waals surface area contributed by atoms with Gasteiger partial charge in [0.15, 0.2) is 0 Å². The Morgan fingerprint density at radius 2 is 1.86 bits per heavy atom. The standard InChI is InChI=1S/C22H18ClN5O/c1-14-15(2)26-28(22(29)18(14)11-24)13-21-25-19-10-17(23)8-9-20(19)27(21)12-16-6-4-3-5-7-16/h3-10H,12-13H2,1-2H3. The number of aryl methyl sites for hydroxylation is 1. The maximum Gasteiger partial charge on any atom is 0.285 e. The van der Waals surface area contributed by atoms with E-state index in [4.69, 9.17) is 16.6 Å². The lowest BCUT2D eigenvalue weighted by Gasteiger charge is -2.12. The van der Waals surface area contributed by atoms with Crippen molar-refractivity contribution < 1.29 is 0 Å². The van der Waals surface area contributed by atoms with Gasteiger partial charge in [0.2, 0.25) is 0 Å². The number of benzene rings is 2. The molecule has 0 saturated heterocycles. The topological polar surface area (TPSA) is 76.5 Å². The van der Waals surface area contributed by atoms with Gasteiger partial charge >= 0.3 is 0 Å². The van der Waals surface area contributed by atoms with Crippen molar-refractivity contribution >= 4 is 22.6 Å². The average Bonchev–Trinajstić information content (AvgIpc) is 3.03. The second-order valence-electron chi connectivity index (χ2n) is 6.89. The van der Waals surface area contributed by atoms with Gasteiger partial charge in [0, 0.05) is 11.6 Å². The molecule has 29 heavy (non-hydrogen) atoms. The second kappa shape index (κ2) is 7.53. The van der Waals surface area contributed by atoms with Crippen molar-refractivity contribution in [1.29, 1.82) is 5.26 Å². The smallest absolute Gasteiger partial charge is 0.285 e. The van der Waals surface area contributed by atoms with E-state index in [2.05, 4.69) is 9.67 Å². The molecule has 0 aliphatic heterocycles. The summed E-state index contributed by atoms with van der Waals surface area (Å²) in [5.74, 6) is 0.674. The molecule has 4 rings (SSSR count). The van der Waals surface area contributed by atoms with Crippen LogP contribution in [0.15, 0.2) is 53.3 Å². The van der Waals surface area contributed by atoms with Gasteiger partial charge in [-0.15, -0.1) is 0 Å². The Hall–Kier alpha value is -3.43. The Morgan fingerprint density at radius 1 is 1.10 bits per heavy atom. The van der Waals surface area contributed by atoms with E-state index in [1.54, 1.807) is 19.9 Å². The maximum absolute atomic E-state index is 12.7. The van der Waals surface area contributed by atoms with Gasteiger partial charge in [-0.25, -0.2) is 9.67 Å². The lowest BCUT2D eigenvalue weighted by molar-refractivity contribution is 0.580. The molecule has 2 heterocycles. The normalized spacial score (nSPS) is 11.0. The van der Waals surface area contributed by atoms with Gasteiger partial charge in [-0.05, 0) is 43.2 Å². The quantitative estimate of drug-likeness (QED) is 0.519. The van der Waals surface area contributed by atoms with Crippen molar-refractivity contribution in [1.82, 2.24) is 19.3 Å². The Bertz CT molecular complexity index is 1320. The van der Waals surface area contributed by atoms with Crippen molar-refractivity contribution in [3.8, 4) is 6.07 Å². The highest BCUT2D eigenvalue weighted by molar-refractivity contribution is 6.31. The highest BCUT2D eigenvalue weighted by Gasteiger charge is 2.16. The highest BCUT2D eigenvalue weighted by atomic mass is 35.5. The van der Waals surface area contributed by atoms with Gasteiger partial charge in [0.05, 0.1) is 16.7 Å². The third kappa shape index (κ3) is 3.53. The van der Waals surface area contributed by atoms with Gasteiger partial charge in [-0.1, -0.05) is 41.9 Å². The molecule has 0 spiro atoms. The van der Waals surface area contributed by atoms with E-state index >= 15 is 0 Å². The van der Waals surface area contributed by atoms with Crippen LogP contribution in [0.4, 0.5) is 0 Å². The van der Waals surface area contributed by atoms with Gasteiger partial charge in [-0.2, -0.15) is 10.4 Å². The van der Waals surface area contributed by atoms with Gasteiger partial charge < -0.3 is 4.57 Å². The molecule has 0 aliphatic rings. The number of aromatic nitrogens is 4. The first-order valence-electron chi connectivity index (χ1n) is 9.15. The highest BCUT2D eigenvalue weighted by Crippen LogP contribution is 2.22. The first-order chi connectivity index (χ1) is 14.0. The molecule has 0 radical (unpaired) electrons. The van der Waals surface area contributed by atoms with Crippen LogP contribution in [0.25, 0.3) is 11.0 Å². The van der Waals surface area contributed by atoms with E-state index in [1.165, 1.54) is 4.68 Å². The molecule has 0 fully saturated rings. The van der Waals surface area contributed by atoms with Crippen molar-refractivity contribution in [2.75, 3.05) is 0 Å². The molecule has 0 saturated carbocycles. The summed E-state index contributed by atoms with van der Waals surface area (Å²) in [5, 5.41) is 14.4. The van der Waals surface area contributed by atoms with Gasteiger partial charge in [0.1, 0.15) is 24.0 Å². The molecule has 2 aromatic carbocycles. The minimum Gasteiger partial charge on any atom is -0.322 e. The molecule has 0 atom stereocenters. The molecule has 7 heteroatoms. The number of nitrogens with zero attached hydrogens (tertiary/aromatic N) is 5. The lowest BCUT2D eigenvalue weighted by Crippen LogP contribution is -2.29. The summed E-state index contributed by atoms with van der Waals surface area (Å²) in [6, 6.07) is 17.6.